The maximum absolute atomic E-state index is 8.79. The summed E-state index contributed by atoms with van der Waals surface area (Å²) in [4.78, 5) is 0. The second-order valence-corrected chi connectivity index (χ2v) is 0.500. The summed E-state index contributed by atoms with van der Waals surface area (Å²) in [5.41, 5.74) is 0. The third kappa shape index (κ3) is 15.2. The van der Waals surface area contributed by atoms with Crippen LogP contribution in [0.2, 0.25) is 0 Å². The molecule has 0 aliphatic rings. The van der Waals surface area contributed by atoms with E-state index in [0.717, 1.165) is 4.53 Å². The predicted octanol–water partition coefficient (Wildman–Crippen LogP) is -5.03. The molecule has 32 valence electrons. The molecule has 5 heavy (non-hydrogen) atoms. The van der Waals surface area contributed by atoms with Gasteiger partial charge in [-0.15, -0.1) is 4.21 Å². The second kappa shape index (κ2) is 8.95. The Labute approximate surface area is 38.6 Å². The van der Waals surface area contributed by atoms with Gasteiger partial charge in [-0.25, -0.2) is 0 Å². The minimum absolute atomic E-state index is 0. The summed E-state index contributed by atoms with van der Waals surface area (Å²) in [7, 11) is 0. The highest BCUT2D eigenvalue weighted by atomic mass is 35.5. The van der Waals surface area contributed by atoms with Gasteiger partial charge < -0.3 is 17.6 Å². The van der Waals surface area contributed by atoms with Crippen molar-refractivity contribution >= 4 is 11.5 Å². The molecule has 3 nitrogen and oxygen atoms in total. The largest absolute Gasteiger partial charge is 1.00 e. The van der Waals surface area contributed by atoms with Crippen molar-refractivity contribution in [2.24, 2.45) is 0 Å². The number of halogens is 1. The van der Waals surface area contributed by atoms with Crippen LogP contribution in [0.15, 0.2) is 0 Å². The molecule has 1 N–H and O–H groups in total. The molecule has 0 radical (unpaired) electrons. The standard InChI is InChI=1S/ClH.HNO2S/c;2-1-4-3/h1H;1H/p-1. The first kappa shape index (κ1) is 8.91. The Balaban J connectivity index is 0. The van der Waals surface area contributed by atoms with E-state index in [1.54, 1.807) is 0 Å². The molecule has 0 saturated heterocycles. The maximum Gasteiger partial charge on any atom is 0.380 e. The zero-order valence-corrected chi connectivity index (χ0v) is 3.68. The first-order valence-corrected chi connectivity index (χ1v) is 1.32. The molecule has 0 heterocycles. The SMILES string of the molecule is O=S=[NH+][O-].[Cl-]. The average Bonchev–Trinajstić information content (AvgIpc) is 1.37. The van der Waals surface area contributed by atoms with Gasteiger partial charge in [0, 0.05) is 0 Å². The van der Waals surface area contributed by atoms with Crippen LogP contribution >= 0.6 is 0 Å². The molecule has 0 aliphatic carbocycles. The van der Waals surface area contributed by atoms with Crippen LogP contribution in [0.4, 0.5) is 0 Å². The Morgan fingerprint density at radius 2 is 2.00 bits per heavy atom. The average molecular weight is 115 g/mol. The molecule has 0 saturated carbocycles. The van der Waals surface area contributed by atoms with Gasteiger partial charge in [-0.2, -0.15) is 4.53 Å². The van der Waals surface area contributed by atoms with Crippen molar-refractivity contribution in [3.63, 3.8) is 0 Å². The molecule has 0 amide bonds. The van der Waals surface area contributed by atoms with Gasteiger partial charge in [0.2, 0.25) is 0 Å². The number of rotatable bonds is 0. The first-order chi connectivity index (χ1) is 1.91. The van der Waals surface area contributed by atoms with Crippen molar-refractivity contribution in [2.75, 3.05) is 0 Å². The maximum atomic E-state index is 8.79. The van der Waals surface area contributed by atoms with Crippen molar-refractivity contribution < 1.29 is 21.1 Å². The highest BCUT2D eigenvalue weighted by molar-refractivity contribution is 7.51. The fraction of sp³-hybridized carbons (Fsp3) is 0. The minimum atomic E-state index is -0.199. The van der Waals surface area contributed by atoms with E-state index < -0.39 is 0 Å². The summed E-state index contributed by atoms with van der Waals surface area (Å²) in [5, 5.41) is 8.70. The van der Waals surface area contributed by atoms with Gasteiger partial charge in [-0.3, -0.25) is 0 Å². The van der Waals surface area contributed by atoms with E-state index in [-0.39, 0.29) is 23.9 Å². The lowest BCUT2D eigenvalue weighted by molar-refractivity contribution is -0.339. The summed E-state index contributed by atoms with van der Waals surface area (Å²) in [5.74, 6) is 0. The summed E-state index contributed by atoms with van der Waals surface area (Å²) in [6.07, 6.45) is 0. The van der Waals surface area contributed by atoms with E-state index in [1.165, 1.54) is 0 Å². The molecule has 0 atom stereocenters. The number of nitrogens with one attached hydrogen (secondary N) is 1. The van der Waals surface area contributed by atoms with Crippen LogP contribution in [0.1, 0.15) is 0 Å². The highest BCUT2D eigenvalue weighted by Crippen LogP contribution is 0.794. The summed E-state index contributed by atoms with van der Waals surface area (Å²) in [6, 6.07) is 0. The van der Waals surface area contributed by atoms with Crippen LogP contribution in [-0.2, 0) is 11.5 Å². The minimum Gasteiger partial charge on any atom is -1.00 e. The topological polar surface area (TPSA) is 54.1 Å². The van der Waals surface area contributed by atoms with E-state index in [0.29, 0.717) is 0 Å². The van der Waals surface area contributed by atoms with E-state index in [9.17, 15) is 0 Å². The summed E-state index contributed by atoms with van der Waals surface area (Å²) < 4.78 is 9.83. The Kier molecular flexibility index (Phi) is 16.0. The third-order valence-electron chi connectivity index (χ3n) is 0.0340. The van der Waals surface area contributed by atoms with Gasteiger partial charge in [-0.05, 0) is 0 Å². The van der Waals surface area contributed by atoms with E-state index >= 15 is 0 Å². The van der Waals surface area contributed by atoms with Crippen molar-refractivity contribution in [1.82, 2.24) is 0 Å². The van der Waals surface area contributed by atoms with E-state index in [4.69, 9.17) is 9.42 Å². The molecule has 0 aromatic heterocycles. The zero-order valence-electron chi connectivity index (χ0n) is 2.10. The Morgan fingerprint density at radius 1 is 1.80 bits per heavy atom. The summed E-state index contributed by atoms with van der Waals surface area (Å²) >= 11 is -0.199. The molecule has 0 aromatic rings. The van der Waals surface area contributed by atoms with Gasteiger partial charge in [0.1, 0.15) is 0 Å². The van der Waals surface area contributed by atoms with Crippen LogP contribution in [0.25, 0.3) is 0 Å². The highest BCUT2D eigenvalue weighted by Gasteiger charge is 1.28. The van der Waals surface area contributed by atoms with Gasteiger partial charge in [0.05, 0.1) is 0 Å². The molecule has 0 spiro atoms. The van der Waals surface area contributed by atoms with Crippen LogP contribution < -0.4 is 16.9 Å². The Morgan fingerprint density at radius 3 is 2.00 bits per heavy atom. The molecule has 0 unspecified atom stereocenters. The lowest BCUT2D eigenvalue weighted by Gasteiger charge is -1.52. The van der Waals surface area contributed by atoms with Gasteiger partial charge in [0.15, 0.2) is 0 Å². The van der Waals surface area contributed by atoms with Crippen molar-refractivity contribution in [3.05, 3.63) is 5.21 Å². The molecular formula is HClNO2S-. The quantitative estimate of drug-likeness (QED) is 0.321. The predicted molar refractivity (Wildman–Crippen MR) is 12.5 cm³/mol. The van der Waals surface area contributed by atoms with E-state index in [2.05, 4.69) is 0 Å². The molecule has 0 bridgehead atoms. The van der Waals surface area contributed by atoms with Crippen LogP contribution in [0.3, 0.4) is 0 Å². The third-order valence-corrected chi connectivity index (χ3v) is 0.102. The zero-order chi connectivity index (χ0) is 3.41. The van der Waals surface area contributed by atoms with Crippen molar-refractivity contribution in [2.45, 2.75) is 0 Å². The summed E-state index contributed by atoms with van der Waals surface area (Å²) in [6.45, 7) is 0. The number of hydrogen-bond donors (Lipinski definition) is 1. The van der Waals surface area contributed by atoms with E-state index in [1.807, 2.05) is 0 Å². The van der Waals surface area contributed by atoms with Crippen LogP contribution in [-0.4, -0.2) is 4.21 Å². The molecule has 5 heteroatoms. The fourth-order valence-corrected chi connectivity index (χ4v) is 0. The van der Waals surface area contributed by atoms with Crippen LogP contribution in [0, 0.1) is 5.21 Å². The monoisotopic (exact) mass is 114 g/mol. The lowest BCUT2D eigenvalue weighted by atomic mass is 13.6. The smallest absolute Gasteiger partial charge is 0.380 e. The normalized spacial score (nSPS) is 4.20. The molecular weight excluding hydrogens is 114 g/mol. The Bertz CT molecular complexity index is 47.6. The molecule has 0 fully saturated rings. The first-order valence-electron chi connectivity index (χ1n) is 0.575. The second-order valence-electron chi connectivity index (χ2n) is 0.167. The van der Waals surface area contributed by atoms with Gasteiger partial charge >= 0.3 is 11.5 Å². The van der Waals surface area contributed by atoms with Crippen molar-refractivity contribution in [1.29, 1.82) is 0 Å². The fourth-order valence-electron chi connectivity index (χ4n) is 0. The lowest BCUT2D eigenvalue weighted by Crippen LogP contribution is -3.00. The molecule has 0 aromatic carbocycles. The number of hydrogen-bond acceptors (Lipinski definition) is 2. The van der Waals surface area contributed by atoms with Crippen molar-refractivity contribution in [3.8, 4) is 0 Å². The van der Waals surface area contributed by atoms with Gasteiger partial charge in [0.25, 0.3) is 0 Å². The van der Waals surface area contributed by atoms with Gasteiger partial charge in [-0.1, -0.05) is 0 Å². The molecule has 0 rings (SSSR count). The Hall–Kier alpha value is 0.0700. The molecule has 0 aliphatic heterocycles. The van der Waals surface area contributed by atoms with Crippen LogP contribution in [0.5, 0.6) is 0 Å².